The van der Waals surface area contributed by atoms with Gasteiger partial charge < -0.3 is 15.5 Å². The van der Waals surface area contributed by atoms with E-state index in [-0.39, 0.29) is 41.2 Å². The van der Waals surface area contributed by atoms with Gasteiger partial charge in [-0.3, -0.25) is 19.4 Å². The third-order valence-electron chi connectivity index (χ3n) is 6.79. The molecule has 1 aliphatic heterocycles. The van der Waals surface area contributed by atoms with Crippen molar-refractivity contribution in [2.45, 2.75) is 69.9 Å². The molecule has 4 rings (SSSR count). The van der Waals surface area contributed by atoms with Gasteiger partial charge in [-0.1, -0.05) is 6.07 Å². The molecule has 0 bridgehead atoms. The maximum atomic E-state index is 14.7. The first-order valence-corrected chi connectivity index (χ1v) is 11.7. The molecule has 1 saturated heterocycles. The number of nitrogens with zero attached hydrogens (tertiary/aromatic N) is 2. The number of pyridine rings is 1. The first kappa shape index (κ1) is 25.6. The number of carbonyl (C=O) groups excluding carboxylic acids is 3. The van der Waals surface area contributed by atoms with Crippen molar-refractivity contribution in [3.63, 3.8) is 0 Å². The number of halogens is 4. The molecule has 2 atom stereocenters. The number of hydrogen-bond acceptors (Lipinski definition) is 4. The lowest BCUT2D eigenvalue weighted by Gasteiger charge is -2.26. The zero-order valence-electron chi connectivity index (χ0n) is 19.8. The Morgan fingerprint density at radius 3 is 2.31 bits per heavy atom. The largest absolute Gasteiger partial charge is 0.417 e. The number of nitrogens with one attached hydrogen (secondary N) is 2. The molecule has 192 valence electrons. The number of likely N-dealkylation sites (tertiary alicyclic amines) is 1. The van der Waals surface area contributed by atoms with Crippen molar-refractivity contribution in [3.8, 4) is 0 Å². The van der Waals surface area contributed by atoms with Crippen molar-refractivity contribution in [2.75, 3.05) is 0 Å². The molecule has 2 fully saturated rings. The van der Waals surface area contributed by atoms with Crippen LogP contribution in [0.25, 0.3) is 0 Å². The van der Waals surface area contributed by atoms with Crippen LogP contribution in [0.15, 0.2) is 36.7 Å². The normalized spacial score (nSPS) is 20.7. The van der Waals surface area contributed by atoms with E-state index in [1.54, 1.807) is 4.90 Å². The van der Waals surface area contributed by atoms with Crippen molar-refractivity contribution < 1.29 is 31.9 Å². The average Bonchev–Trinajstić information content (AvgIpc) is 3.54. The van der Waals surface area contributed by atoms with E-state index in [4.69, 9.17) is 0 Å². The molecule has 2 heterocycles. The van der Waals surface area contributed by atoms with E-state index in [2.05, 4.69) is 15.6 Å². The summed E-state index contributed by atoms with van der Waals surface area (Å²) in [5.74, 6) is -2.33. The standard InChI is InChI=1S/C25H26F4N4O3/c1-14-3-4-15(2)33(14)22(35)16-5-6-17(20(26)10-16)12-31-23(36)24(7-8-24)32-21(34)18-9-19(13-30-11-18)25(27,28)29/h5-6,9-11,13-15H,3-4,7-8,12H2,1-2H3,(H,31,36)(H,32,34). The Morgan fingerprint density at radius 1 is 1.06 bits per heavy atom. The van der Waals surface area contributed by atoms with Crippen molar-refractivity contribution in [2.24, 2.45) is 0 Å². The molecule has 1 saturated carbocycles. The Balaban J connectivity index is 1.38. The minimum Gasteiger partial charge on any atom is -0.350 e. The number of carbonyl (C=O) groups is 3. The predicted octanol–water partition coefficient (Wildman–Crippen LogP) is 3.83. The van der Waals surface area contributed by atoms with Gasteiger partial charge in [0, 0.05) is 42.1 Å². The molecule has 1 aliphatic carbocycles. The summed E-state index contributed by atoms with van der Waals surface area (Å²) in [6.45, 7) is 3.73. The smallest absolute Gasteiger partial charge is 0.350 e. The maximum Gasteiger partial charge on any atom is 0.417 e. The third kappa shape index (κ3) is 5.19. The van der Waals surface area contributed by atoms with Crippen LogP contribution in [0.4, 0.5) is 17.6 Å². The highest BCUT2D eigenvalue weighted by atomic mass is 19.4. The molecule has 7 nitrogen and oxygen atoms in total. The van der Waals surface area contributed by atoms with Gasteiger partial charge in [-0.25, -0.2) is 4.39 Å². The Bertz CT molecular complexity index is 1190. The molecule has 11 heteroatoms. The van der Waals surface area contributed by atoms with Crippen LogP contribution in [0.1, 0.15) is 71.4 Å². The van der Waals surface area contributed by atoms with E-state index >= 15 is 0 Å². The molecule has 1 aromatic heterocycles. The second-order valence-corrected chi connectivity index (χ2v) is 9.47. The summed E-state index contributed by atoms with van der Waals surface area (Å²) in [7, 11) is 0. The van der Waals surface area contributed by atoms with Crippen molar-refractivity contribution in [3.05, 3.63) is 64.7 Å². The molecule has 3 amide bonds. The Labute approximate surface area is 205 Å². The molecular formula is C25H26F4N4O3. The summed E-state index contributed by atoms with van der Waals surface area (Å²) in [5.41, 5.74) is -2.29. The van der Waals surface area contributed by atoms with E-state index < -0.39 is 34.9 Å². The van der Waals surface area contributed by atoms with Crippen molar-refractivity contribution in [1.82, 2.24) is 20.5 Å². The van der Waals surface area contributed by atoms with Crippen LogP contribution in [-0.4, -0.2) is 45.2 Å². The van der Waals surface area contributed by atoms with Gasteiger partial charge in [-0.15, -0.1) is 0 Å². The zero-order chi connectivity index (χ0) is 26.3. The zero-order valence-corrected chi connectivity index (χ0v) is 19.8. The first-order chi connectivity index (χ1) is 16.9. The number of hydrogen-bond donors (Lipinski definition) is 2. The van der Waals surface area contributed by atoms with Crippen molar-refractivity contribution in [1.29, 1.82) is 0 Å². The molecule has 36 heavy (non-hydrogen) atoms. The van der Waals surface area contributed by atoms with Gasteiger partial charge in [0.25, 0.3) is 11.8 Å². The molecule has 1 aromatic carbocycles. The highest BCUT2D eigenvalue weighted by Crippen LogP contribution is 2.36. The molecule has 0 radical (unpaired) electrons. The Morgan fingerprint density at radius 2 is 1.72 bits per heavy atom. The first-order valence-electron chi connectivity index (χ1n) is 11.7. The number of alkyl halides is 3. The van der Waals surface area contributed by atoms with E-state index in [1.807, 2.05) is 13.8 Å². The number of rotatable bonds is 6. The SMILES string of the molecule is CC1CCC(C)N1C(=O)c1ccc(CNC(=O)C2(NC(=O)c3cncc(C(F)(F)F)c3)CC2)c(F)c1. The maximum absolute atomic E-state index is 14.7. The fourth-order valence-corrected chi connectivity index (χ4v) is 4.46. The summed E-state index contributed by atoms with van der Waals surface area (Å²) in [5, 5.41) is 5.04. The summed E-state index contributed by atoms with van der Waals surface area (Å²) in [4.78, 5) is 43.2. The number of aromatic nitrogens is 1. The van der Waals surface area contributed by atoms with E-state index in [0.29, 0.717) is 25.1 Å². The Kier molecular flexibility index (Phi) is 6.76. The molecule has 0 spiro atoms. The lowest BCUT2D eigenvalue weighted by atomic mass is 10.1. The molecular weight excluding hydrogens is 480 g/mol. The number of amides is 3. The van der Waals surface area contributed by atoms with E-state index in [9.17, 15) is 31.9 Å². The topological polar surface area (TPSA) is 91.4 Å². The second-order valence-electron chi connectivity index (χ2n) is 9.47. The quantitative estimate of drug-likeness (QED) is 0.583. The van der Waals surface area contributed by atoms with Crippen LogP contribution in [0.2, 0.25) is 0 Å². The van der Waals surface area contributed by atoms with Gasteiger partial charge in [-0.2, -0.15) is 13.2 Å². The highest BCUT2D eigenvalue weighted by molar-refractivity contribution is 6.00. The average molecular weight is 507 g/mol. The Hall–Kier alpha value is -3.50. The molecule has 2 unspecified atom stereocenters. The van der Waals surface area contributed by atoms with Crippen LogP contribution < -0.4 is 10.6 Å². The van der Waals surface area contributed by atoms with E-state index in [0.717, 1.165) is 25.1 Å². The summed E-state index contributed by atoms with van der Waals surface area (Å²) in [6.07, 6.45) is -0.702. The fourth-order valence-electron chi connectivity index (χ4n) is 4.46. The van der Waals surface area contributed by atoms with E-state index in [1.165, 1.54) is 12.1 Å². The van der Waals surface area contributed by atoms with Crippen molar-refractivity contribution >= 4 is 17.7 Å². The molecule has 2 aromatic rings. The van der Waals surface area contributed by atoms with Crippen LogP contribution in [0.5, 0.6) is 0 Å². The monoisotopic (exact) mass is 506 g/mol. The lowest BCUT2D eigenvalue weighted by molar-refractivity contribution is -0.137. The van der Waals surface area contributed by atoms with Crippen LogP contribution in [0.3, 0.4) is 0 Å². The van der Waals surface area contributed by atoms with Gasteiger partial charge in [-0.05, 0) is 57.7 Å². The minimum atomic E-state index is -4.66. The fraction of sp³-hybridized carbons (Fsp3) is 0.440. The molecule has 2 N–H and O–H groups in total. The predicted molar refractivity (Wildman–Crippen MR) is 121 cm³/mol. The molecule has 2 aliphatic rings. The van der Waals surface area contributed by atoms with Crippen LogP contribution >= 0.6 is 0 Å². The number of benzene rings is 1. The summed E-state index contributed by atoms with van der Waals surface area (Å²) >= 11 is 0. The summed E-state index contributed by atoms with van der Waals surface area (Å²) in [6, 6.07) is 4.91. The lowest BCUT2D eigenvalue weighted by Crippen LogP contribution is -2.48. The summed E-state index contributed by atoms with van der Waals surface area (Å²) < 4.78 is 53.4. The van der Waals surface area contributed by atoms with Gasteiger partial charge in [0.05, 0.1) is 11.1 Å². The third-order valence-corrected chi connectivity index (χ3v) is 6.79. The van der Waals surface area contributed by atoms with Gasteiger partial charge in [0.1, 0.15) is 11.4 Å². The minimum absolute atomic E-state index is 0.0752. The van der Waals surface area contributed by atoms with Gasteiger partial charge in [0.2, 0.25) is 5.91 Å². The highest BCUT2D eigenvalue weighted by Gasteiger charge is 2.51. The van der Waals surface area contributed by atoms with Crippen LogP contribution in [0, 0.1) is 5.82 Å². The van der Waals surface area contributed by atoms with Crippen LogP contribution in [-0.2, 0) is 17.5 Å². The van der Waals surface area contributed by atoms with Gasteiger partial charge in [0.15, 0.2) is 0 Å². The second kappa shape index (κ2) is 9.51. The van der Waals surface area contributed by atoms with Gasteiger partial charge >= 0.3 is 6.18 Å².